The van der Waals surface area contributed by atoms with Crippen molar-refractivity contribution in [2.24, 2.45) is 5.92 Å². The molecule has 46 heavy (non-hydrogen) atoms. The van der Waals surface area contributed by atoms with E-state index >= 15 is 0 Å². The average Bonchev–Trinajstić information content (AvgIpc) is 3.80. The summed E-state index contributed by atoms with van der Waals surface area (Å²) in [7, 11) is 0. The van der Waals surface area contributed by atoms with Gasteiger partial charge in [0.25, 0.3) is 0 Å². The Labute approximate surface area is 277 Å². The van der Waals surface area contributed by atoms with Gasteiger partial charge in [-0.1, -0.05) is 115 Å². The van der Waals surface area contributed by atoms with Gasteiger partial charge in [-0.2, -0.15) is 0 Å². The Morgan fingerprint density at radius 3 is 2.30 bits per heavy atom. The predicted octanol–water partition coefficient (Wildman–Crippen LogP) is 10.8. The number of allylic oxidation sites excluding steroid dienone is 6. The van der Waals surface area contributed by atoms with Crippen molar-refractivity contribution in [3.63, 3.8) is 0 Å². The molecule has 0 spiro atoms. The summed E-state index contributed by atoms with van der Waals surface area (Å²) in [6.07, 6.45) is 20.9. The molecule has 0 bridgehead atoms. The van der Waals surface area contributed by atoms with Gasteiger partial charge in [0, 0.05) is 36.9 Å². The van der Waals surface area contributed by atoms with Gasteiger partial charge in [-0.05, 0) is 103 Å². The summed E-state index contributed by atoms with van der Waals surface area (Å²) >= 11 is 3.83. The van der Waals surface area contributed by atoms with Crippen LogP contribution in [0.2, 0.25) is 0 Å². The van der Waals surface area contributed by atoms with Gasteiger partial charge >= 0.3 is 0 Å². The van der Waals surface area contributed by atoms with Gasteiger partial charge in [0.2, 0.25) is 0 Å². The van der Waals surface area contributed by atoms with Crippen LogP contribution in [0.1, 0.15) is 34.6 Å². The minimum absolute atomic E-state index is 0.423. The smallest absolute Gasteiger partial charge is 0.0449 e. The minimum atomic E-state index is 0.423. The third kappa shape index (κ3) is 4.17. The number of hydrogen-bond donors (Lipinski definition) is 0. The fourth-order valence-electron chi connectivity index (χ4n) is 7.92. The van der Waals surface area contributed by atoms with Crippen molar-refractivity contribution >= 4 is 57.8 Å². The van der Waals surface area contributed by atoms with E-state index in [9.17, 15) is 0 Å². The molecule has 2 unspecified atom stereocenters. The van der Waals surface area contributed by atoms with Gasteiger partial charge in [-0.25, -0.2) is 0 Å². The molecule has 2 heteroatoms. The van der Waals surface area contributed by atoms with Crippen molar-refractivity contribution in [3.8, 4) is 30.6 Å². The minimum Gasteiger partial charge on any atom is -0.134 e. The van der Waals surface area contributed by atoms with E-state index in [4.69, 9.17) is 0 Å². The van der Waals surface area contributed by atoms with Crippen molar-refractivity contribution in [1.82, 2.24) is 0 Å². The third-order valence-corrected chi connectivity index (χ3v) is 12.6. The topological polar surface area (TPSA) is 0 Å². The van der Waals surface area contributed by atoms with Gasteiger partial charge in [0.15, 0.2) is 0 Å². The molecule has 0 radical (unpaired) electrons. The van der Waals surface area contributed by atoms with Crippen molar-refractivity contribution in [1.29, 1.82) is 0 Å². The summed E-state index contributed by atoms with van der Waals surface area (Å²) < 4.78 is 0. The Morgan fingerprint density at radius 2 is 1.41 bits per heavy atom. The largest absolute Gasteiger partial charge is 0.134 e. The van der Waals surface area contributed by atoms with Crippen LogP contribution in [0, 0.1) is 5.92 Å². The second-order valence-electron chi connectivity index (χ2n) is 12.8. The SMILES string of the molecule is C1=CCC2C=c3c(cc(-c4ccc(-c5ccc(-c6cccc7c6C=CC6=Cc8ccccc8CC67)s5)s4)c4ccccc34)=CC2=C1. The molecule has 0 saturated carbocycles. The first kappa shape index (κ1) is 26.5. The number of thiophene rings is 2. The summed E-state index contributed by atoms with van der Waals surface area (Å²) in [5, 5.41) is 5.42. The Balaban J connectivity index is 1.02. The molecule has 0 nitrogen and oxygen atoms in total. The van der Waals surface area contributed by atoms with Crippen LogP contribution in [0.5, 0.6) is 0 Å². The maximum Gasteiger partial charge on any atom is 0.0449 e. The van der Waals surface area contributed by atoms with Crippen molar-refractivity contribution in [2.45, 2.75) is 18.8 Å². The molecule has 4 aliphatic rings. The van der Waals surface area contributed by atoms with E-state index in [1.54, 1.807) is 0 Å². The van der Waals surface area contributed by atoms with Crippen LogP contribution < -0.4 is 10.4 Å². The maximum absolute atomic E-state index is 2.49. The summed E-state index contributed by atoms with van der Waals surface area (Å²) in [4.78, 5) is 5.33. The van der Waals surface area contributed by atoms with Crippen molar-refractivity contribution < 1.29 is 0 Å². The second-order valence-corrected chi connectivity index (χ2v) is 15.0. The molecule has 4 aliphatic carbocycles. The molecule has 10 rings (SSSR count). The summed E-state index contributed by atoms with van der Waals surface area (Å²) in [6.45, 7) is 0. The molecule has 218 valence electrons. The van der Waals surface area contributed by atoms with E-state index in [-0.39, 0.29) is 0 Å². The van der Waals surface area contributed by atoms with Crippen LogP contribution in [0.4, 0.5) is 0 Å². The molecule has 0 fully saturated rings. The van der Waals surface area contributed by atoms with E-state index in [2.05, 4.69) is 146 Å². The highest BCUT2D eigenvalue weighted by atomic mass is 32.1. The summed E-state index contributed by atoms with van der Waals surface area (Å²) in [5.41, 5.74) is 11.2. The molecule has 0 N–H and O–H groups in total. The van der Waals surface area contributed by atoms with E-state index in [1.165, 1.54) is 85.2 Å². The first-order valence-electron chi connectivity index (χ1n) is 16.2. The Kier molecular flexibility index (Phi) is 5.97. The first-order chi connectivity index (χ1) is 22.8. The molecule has 0 aliphatic heterocycles. The lowest BCUT2D eigenvalue weighted by Crippen LogP contribution is -2.31. The summed E-state index contributed by atoms with van der Waals surface area (Å²) in [6, 6.07) is 36.4. The number of hydrogen-bond acceptors (Lipinski definition) is 2. The average molecular weight is 623 g/mol. The zero-order valence-corrected chi connectivity index (χ0v) is 26.9. The quantitative estimate of drug-likeness (QED) is 0.184. The van der Waals surface area contributed by atoms with Gasteiger partial charge in [-0.15, -0.1) is 22.7 Å². The Morgan fingerprint density at radius 1 is 0.630 bits per heavy atom. The van der Waals surface area contributed by atoms with Crippen LogP contribution in [-0.2, 0) is 6.42 Å². The van der Waals surface area contributed by atoms with E-state index < -0.39 is 0 Å². The fraction of sp³-hybridized carbons (Fsp3) is 0.0909. The highest BCUT2D eigenvalue weighted by Gasteiger charge is 2.27. The lowest BCUT2D eigenvalue weighted by atomic mass is 9.74. The predicted molar refractivity (Wildman–Crippen MR) is 199 cm³/mol. The summed E-state index contributed by atoms with van der Waals surface area (Å²) in [5.74, 6) is 0.906. The highest BCUT2D eigenvalue weighted by molar-refractivity contribution is 7.25. The van der Waals surface area contributed by atoms with E-state index in [0.717, 1.165) is 12.8 Å². The lowest BCUT2D eigenvalue weighted by molar-refractivity contribution is 0.790. The van der Waals surface area contributed by atoms with Crippen LogP contribution in [0.25, 0.3) is 65.7 Å². The highest BCUT2D eigenvalue weighted by Crippen LogP contribution is 2.46. The zero-order chi connectivity index (χ0) is 30.2. The van der Waals surface area contributed by atoms with Gasteiger partial charge in [0.1, 0.15) is 0 Å². The van der Waals surface area contributed by atoms with Crippen LogP contribution in [0.3, 0.4) is 0 Å². The number of rotatable bonds is 3. The molecular formula is C44H30S2. The Bertz CT molecular complexity index is 2490. The number of fused-ring (bicyclic) bond motifs is 8. The third-order valence-electron chi connectivity index (χ3n) is 10.2. The molecule has 0 saturated heterocycles. The Hall–Kier alpha value is -4.76. The monoisotopic (exact) mass is 622 g/mol. The lowest BCUT2D eigenvalue weighted by Gasteiger charge is -2.30. The van der Waals surface area contributed by atoms with E-state index in [0.29, 0.717) is 11.8 Å². The second kappa shape index (κ2) is 10.4. The van der Waals surface area contributed by atoms with Crippen molar-refractivity contribution in [3.05, 3.63) is 165 Å². The standard InChI is InChI=1S/C44H30S2/c1-3-10-29-24-38-31(22-27(29)8-1)16-17-36-34(38)14-7-15-37(36)41-18-20-43(45-41)44-21-19-42(46-44)40-26-32-23-28-9-2-4-11-30(28)25-39(32)33-12-5-6-13-35(33)40/h1-10,12-23,25-26,30,38H,11,24H2. The van der Waals surface area contributed by atoms with Crippen molar-refractivity contribution in [2.75, 3.05) is 0 Å². The molecule has 2 aromatic heterocycles. The van der Waals surface area contributed by atoms with Crippen LogP contribution in [0.15, 0.2) is 133 Å². The van der Waals surface area contributed by atoms with Gasteiger partial charge in [-0.3, -0.25) is 0 Å². The molecule has 6 aromatic rings. The number of benzene rings is 4. The molecule has 0 amide bonds. The fourth-order valence-corrected chi connectivity index (χ4v) is 10.1. The molecule has 4 aromatic carbocycles. The molecular weight excluding hydrogens is 593 g/mol. The molecule has 2 atom stereocenters. The molecule has 2 heterocycles. The van der Waals surface area contributed by atoms with E-state index in [1.807, 2.05) is 22.7 Å². The van der Waals surface area contributed by atoms with Gasteiger partial charge in [0.05, 0.1) is 0 Å². The van der Waals surface area contributed by atoms with Crippen LogP contribution in [-0.4, -0.2) is 0 Å². The van der Waals surface area contributed by atoms with Gasteiger partial charge < -0.3 is 0 Å². The zero-order valence-electron chi connectivity index (χ0n) is 25.2. The van der Waals surface area contributed by atoms with Crippen LogP contribution >= 0.6 is 22.7 Å². The first-order valence-corrected chi connectivity index (χ1v) is 17.8. The maximum atomic E-state index is 2.49. The normalized spacial score (nSPS) is 18.7.